The van der Waals surface area contributed by atoms with Gasteiger partial charge in [0.15, 0.2) is 0 Å². The van der Waals surface area contributed by atoms with Crippen LogP contribution in [0.4, 0.5) is 0 Å². The summed E-state index contributed by atoms with van der Waals surface area (Å²) >= 11 is 0. The number of hydrogen-bond acceptors (Lipinski definition) is 3. The van der Waals surface area contributed by atoms with Crippen molar-refractivity contribution in [3.8, 4) is 11.4 Å². The highest BCUT2D eigenvalue weighted by Gasteiger charge is 2.09. The summed E-state index contributed by atoms with van der Waals surface area (Å²) in [5.41, 5.74) is 4.80. The summed E-state index contributed by atoms with van der Waals surface area (Å²) in [6.07, 6.45) is 4.58. The van der Waals surface area contributed by atoms with Gasteiger partial charge in [0.2, 0.25) is 0 Å². The van der Waals surface area contributed by atoms with Crippen LogP contribution < -0.4 is 10.3 Å². The van der Waals surface area contributed by atoms with E-state index in [4.69, 9.17) is 4.74 Å². The van der Waals surface area contributed by atoms with Crippen molar-refractivity contribution in [2.45, 2.75) is 26.9 Å². The van der Waals surface area contributed by atoms with Gasteiger partial charge < -0.3 is 9.14 Å². The zero-order valence-electron chi connectivity index (χ0n) is 15.4. The summed E-state index contributed by atoms with van der Waals surface area (Å²) in [4.78, 5) is 17.2. The number of aromatic nitrogens is 3. The van der Waals surface area contributed by atoms with Gasteiger partial charge in [-0.15, -0.1) is 0 Å². The fourth-order valence-corrected chi connectivity index (χ4v) is 3.18. The fourth-order valence-electron chi connectivity index (χ4n) is 3.18. The van der Waals surface area contributed by atoms with Crippen molar-refractivity contribution in [1.82, 2.24) is 14.0 Å². The molecule has 0 fully saturated rings. The Labute approximate surface area is 157 Å². The lowest BCUT2D eigenvalue weighted by Gasteiger charge is -2.10. The van der Waals surface area contributed by atoms with Gasteiger partial charge >= 0.3 is 0 Å². The average molecular weight is 359 g/mol. The van der Waals surface area contributed by atoms with E-state index in [-0.39, 0.29) is 5.56 Å². The minimum Gasteiger partial charge on any atom is -0.489 e. The van der Waals surface area contributed by atoms with E-state index in [0.29, 0.717) is 12.4 Å². The zero-order chi connectivity index (χ0) is 18.8. The topological polar surface area (TPSA) is 48.5 Å². The van der Waals surface area contributed by atoms with Gasteiger partial charge in [-0.1, -0.05) is 37.3 Å². The summed E-state index contributed by atoms with van der Waals surface area (Å²) in [6.45, 7) is 4.57. The second kappa shape index (κ2) is 7.11. The molecule has 3 aromatic heterocycles. The summed E-state index contributed by atoms with van der Waals surface area (Å²) in [6, 6.07) is 17.1. The van der Waals surface area contributed by atoms with Gasteiger partial charge in [0.1, 0.15) is 18.0 Å². The van der Waals surface area contributed by atoms with E-state index in [9.17, 15) is 4.79 Å². The normalized spacial score (nSPS) is 11.0. The summed E-state index contributed by atoms with van der Waals surface area (Å²) < 4.78 is 9.38. The third kappa shape index (κ3) is 3.36. The highest BCUT2D eigenvalue weighted by Crippen LogP contribution is 2.16. The smallest absolute Gasteiger partial charge is 0.258 e. The molecule has 0 spiro atoms. The summed E-state index contributed by atoms with van der Waals surface area (Å²) in [5.74, 6) is 0.563. The van der Waals surface area contributed by atoms with E-state index >= 15 is 0 Å². The van der Waals surface area contributed by atoms with Gasteiger partial charge in [0.25, 0.3) is 5.56 Å². The maximum atomic E-state index is 12.6. The fraction of sp³-hybridized carbons (Fsp3) is 0.182. The van der Waals surface area contributed by atoms with Crippen LogP contribution in [0.3, 0.4) is 0 Å². The molecular weight excluding hydrogens is 338 g/mol. The molecule has 136 valence electrons. The minimum absolute atomic E-state index is 0.131. The number of ether oxygens (including phenoxy) is 1. The number of hydrogen-bond donors (Lipinski definition) is 0. The zero-order valence-corrected chi connectivity index (χ0v) is 15.4. The van der Waals surface area contributed by atoms with E-state index in [1.807, 2.05) is 66.1 Å². The first-order chi connectivity index (χ1) is 13.2. The van der Waals surface area contributed by atoms with Gasteiger partial charge in [0, 0.05) is 24.2 Å². The Morgan fingerprint density at radius 3 is 2.63 bits per heavy atom. The summed E-state index contributed by atoms with van der Waals surface area (Å²) in [5, 5.41) is 0. The molecule has 0 aliphatic rings. The van der Waals surface area contributed by atoms with Crippen LogP contribution in [0.2, 0.25) is 0 Å². The van der Waals surface area contributed by atoms with Crippen molar-refractivity contribution in [3.63, 3.8) is 0 Å². The second-order valence-electron chi connectivity index (χ2n) is 6.46. The maximum Gasteiger partial charge on any atom is 0.258 e. The predicted octanol–water partition coefficient (Wildman–Crippen LogP) is 3.94. The molecule has 27 heavy (non-hydrogen) atoms. The van der Waals surface area contributed by atoms with Crippen LogP contribution in [0.5, 0.6) is 5.75 Å². The first-order valence-corrected chi connectivity index (χ1v) is 9.03. The lowest BCUT2D eigenvalue weighted by molar-refractivity contribution is 0.305. The van der Waals surface area contributed by atoms with E-state index in [1.165, 1.54) is 6.07 Å². The van der Waals surface area contributed by atoms with E-state index < -0.39 is 0 Å². The largest absolute Gasteiger partial charge is 0.489 e. The molecule has 5 nitrogen and oxygen atoms in total. The van der Waals surface area contributed by atoms with E-state index in [2.05, 4.69) is 11.9 Å². The molecule has 0 atom stereocenters. The van der Waals surface area contributed by atoms with Crippen LogP contribution in [-0.4, -0.2) is 14.0 Å². The number of rotatable bonds is 5. The monoisotopic (exact) mass is 359 g/mol. The van der Waals surface area contributed by atoms with Crippen molar-refractivity contribution >= 4 is 5.65 Å². The van der Waals surface area contributed by atoms with Crippen molar-refractivity contribution in [1.29, 1.82) is 0 Å². The summed E-state index contributed by atoms with van der Waals surface area (Å²) in [7, 11) is 0. The Balaban J connectivity index is 1.61. The minimum atomic E-state index is -0.131. The van der Waals surface area contributed by atoms with Gasteiger partial charge in [-0.25, -0.2) is 4.98 Å². The Kier molecular flexibility index (Phi) is 4.50. The standard InChI is InChI=1S/C22H21N3O2/c1-3-20-16(2)25-14-18(9-10-21(25)23-20)24-12-11-19(13-22(24)26)27-15-17-7-5-4-6-8-17/h4-14H,3,15H2,1-2H3. The first-order valence-electron chi connectivity index (χ1n) is 9.03. The maximum absolute atomic E-state index is 12.6. The molecule has 0 saturated carbocycles. The second-order valence-corrected chi connectivity index (χ2v) is 6.46. The Morgan fingerprint density at radius 2 is 1.89 bits per heavy atom. The number of imidazole rings is 1. The molecule has 0 bridgehead atoms. The van der Waals surface area contributed by atoms with Crippen LogP contribution in [0.15, 0.2) is 71.8 Å². The van der Waals surface area contributed by atoms with Crippen LogP contribution in [0.1, 0.15) is 23.9 Å². The first kappa shape index (κ1) is 17.1. The molecular formula is C22H21N3O2. The van der Waals surface area contributed by atoms with E-state index in [1.54, 1.807) is 10.8 Å². The molecule has 4 aromatic rings. The number of benzene rings is 1. The van der Waals surface area contributed by atoms with Crippen molar-refractivity contribution in [2.75, 3.05) is 0 Å². The SMILES string of the molecule is CCc1nc2ccc(-n3ccc(OCc4ccccc4)cc3=O)cn2c1C. The molecule has 0 N–H and O–H groups in total. The lowest BCUT2D eigenvalue weighted by atomic mass is 10.2. The number of aryl methyl sites for hydroxylation is 2. The van der Waals surface area contributed by atoms with Crippen molar-refractivity contribution < 1.29 is 4.74 Å². The van der Waals surface area contributed by atoms with Gasteiger partial charge in [-0.3, -0.25) is 9.36 Å². The number of nitrogens with zero attached hydrogens (tertiary/aromatic N) is 3. The van der Waals surface area contributed by atoms with Crippen LogP contribution in [0, 0.1) is 6.92 Å². The average Bonchev–Trinajstić information content (AvgIpc) is 3.02. The molecule has 0 aliphatic carbocycles. The van der Waals surface area contributed by atoms with Crippen molar-refractivity contribution in [2.24, 2.45) is 0 Å². The van der Waals surface area contributed by atoms with Crippen LogP contribution in [0.25, 0.3) is 11.3 Å². The third-order valence-corrected chi connectivity index (χ3v) is 4.69. The van der Waals surface area contributed by atoms with Gasteiger partial charge in [0.05, 0.1) is 11.4 Å². The van der Waals surface area contributed by atoms with Crippen LogP contribution >= 0.6 is 0 Å². The molecule has 1 aromatic carbocycles. The predicted molar refractivity (Wildman–Crippen MR) is 106 cm³/mol. The molecule has 3 heterocycles. The molecule has 0 radical (unpaired) electrons. The Morgan fingerprint density at radius 1 is 1.07 bits per heavy atom. The molecule has 0 aliphatic heterocycles. The Bertz CT molecular complexity index is 1140. The molecule has 0 saturated heterocycles. The number of fused-ring (bicyclic) bond motifs is 1. The Hall–Kier alpha value is -3.34. The number of pyridine rings is 2. The quantitative estimate of drug-likeness (QED) is 0.542. The molecule has 4 rings (SSSR count). The lowest BCUT2D eigenvalue weighted by Crippen LogP contribution is -2.17. The van der Waals surface area contributed by atoms with Gasteiger partial charge in [-0.05, 0) is 37.1 Å². The highest BCUT2D eigenvalue weighted by molar-refractivity contribution is 5.48. The molecule has 0 unspecified atom stereocenters. The highest BCUT2D eigenvalue weighted by atomic mass is 16.5. The van der Waals surface area contributed by atoms with Gasteiger partial charge in [-0.2, -0.15) is 0 Å². The van der Waals surface area contributed by atoms with Crippen LogP contribution in [-0.2, 0) is 13.0 Å². The van der Waals surface area contributed by atoms with E-state index in [0.717, 1.165) is 34.7 Å². The molecule has 0 amide bonds. The van der Waals surface area contributed by atoms with Crippen molar-refractivity contribution in [3.05, 3.63) is 94.3 Å². The third-order valence-electron chi connectivity index (χ3n) is 4.69. The molecule has 5 heteroatoms.